The van der Waals surface area contributed by atoms with E-state index in [1.807, 2.05) is 29.6 Å². The summed E-state index contributed by atoms with van der Waals surface area (Å²) in [5.41, 5.74) is 0.774. The molecule has 1 aliphatic heterocycles. The van der Waals surface area contributed by atoms with Crippen LogP contribution in [0.15, 0.2) is 29.6 Å². The summed E-state index contributed by atoms with van der Waals surface area (Å²) in [6, 6.07) is 7.64. The van der Waals surface area contributed by atoms with Crippen molar-refractivity contribution in [1.82, 2.24) is 9.62 Å². The predicted molar refractivity (Wildman–Crippen MR) is 107 cm³/mol. The summed E-state index contributed by atoms with van der Waals surface area (Å²) in [4.78, 5) is 14.2. The van der Waals surface area contributed by atoms with Crippen LogP contribution in [-0.2, 0) is 10.0 Å². The summed E-state index contributed by atoms with van der Waals surface area (Å²) in [5.74, 6) is 0. The zero-order valence-electron chi connectivity index (χ0n) is 15.3. The zero-order valence-corrected chi connectivity index (χ0v) is 16.9. The minimum Gasteiger partial charge on any atom is -0.324 e. The molecule has 26 heavy (non-hydrogen) atoms. The second-order valence-corrected chi connectivity index (χ2v) is 11.0. The number of piperidine rings is 1. The van der Waals surface area contributed by atoms with Crippen molar-refractivity contribution in [3.8, 4) is 0 Å². The standard InChI is InChI=1S/C18H25N3O3S2/c1-18(2,3)26(23,24)20-14-6-9-21(10-7-14)17(22)19-15-4-5-16-13(12-15)8-11-25-16/h4-5,8,11-12,14,20H,6-7,9-10H2,1-3H3,(H,19,22). The maximum Gasteiger partial charge on any atom is 0.321 e. The molecule has 8 heteroatoms. The van der Waals surface area contributed by atoms with Gasteiger partial charge in [-0.15, -0.1) is 11.3 Å². The lowest BCUT2D eigenvalue weighted by atomic mass is 10.1. The molecule has 1 fully saturated rings. The van der Waals surface area contributed by atoms with E-state index in [4.69, 9.17) is 0 Å². The molecule has 0 atom stereocenters. The van der Waals surface area contributed by atoms with E-state index in [1.54, 1.807) is 37.0 Å². The number of anilines is 1. The molecule has 142 valence electrons. The van der Waals surface area contributed by atoms with E-state index in [-0.39, 0.29) is 12.1 Å². The Morgan fingerprint density at radius 1 is 1.19 bits per heavy atom. The maximum absolute atomic E-state index is 12.5. The van der Waals surface area contributed by atoms with Gasteiger partial charge in [0.25, 0.3) is 0 Å². The third-order valence-electron chi connectivity index (χ3n) is 4.61. The van der Waals surface area contributed by atoms with E-state index in [0.717, 1.165) is 11.1 Å². The van der Waals surface area contributed by atoms with Gasteiger partial charge in [-0.05, 0) is 68.6 Å². The number of nitrogens with one attached hydrogen (secondary N) is 2. The van der Waals surface area contributed by atoms with Crippen molar-refractivity contribution in [1.29, 1.82) is 0 Å². The van der Waals surface area contributed by atoms with Crippen molar-refractivity contribution in [3.63, 3.8) is 0 Å². The van der Waals surface area contributed by atoms with Crippen molar-refractivity contribution >= 4 is 43.2 Å². The monoisotopic (exact) mass is 395 g/mol. The number of rotatable bonds is 3. The number of sulfonamides is 1. The van der Waals surface area contributed by atoms with Crippen molar-refractivity contribution in [3.05, 3.63) is 29.6 Å². The molecule has 0 aliphatic carbocycles. The average molecular weight is 396 g/mol. The van der Waals surface area contributed by atoms with Crippen LogP contribution in [0.1, 0.15) is 33.6 Å². The van der Waals surface area contributed by atoms with E-state index in [2.05, 4.69) is 10.0 Å². The van der Waals surface area contributed by atoms with E-state index < -0.39 is 14.8 Å². The van der Waals surface area contributed by atoms with Crippen molar-refractivity contribution in [2.24, 2.45) is 0 Å². The number of benzene rings is 1. The van der Waals surface area contributed by atoms with Gasteiger partial charge in [-0.1, -0.05) is 0 Å². The molecular weight excluding hydrogens is 370 g/mol. The maximum atomic E-state index is 12.5. The summed E-state index contributed by atoms with van der Waals surface area (Å²) >= 11 is 1.67. The number of amides is 2. The first-order valence-electron chi connectivity index (χ1n) is 8.71. The number of carbonyl (C=O) groups is 1. The fourth-order valence-corrected chi connectivity index (χ4v) is 4.64. The molecule has 2 heterocycles. The Morgan fingerprint density at radius 2 is 1.88 bits per heavy atom. The average Bonchev–Trinajstić information content (AvgIpc) is 3.01. The van der Waals surface area contributed by atoms with Crippen molar-refractivity contribution in [2.75, 3.05) is 18.4 Å². The number of hydrogen-bond acceptors (Lipinski definition) is 4. The molecule has 6 nitrogen and oxygen atoms in total. The van der Waals surface area contributed by atoms with Crippen LogP contribution in [0.25, 0.3) is 10.1 Å². The molecule has 1 aliphatic rings. The van der Waals surface area contributed by atoms with Crippen LogP contribution in [0.3, 0.4) is 0 Å². The molecule has 1 aromatic carbocycles. The van der Waals surface area contributed by atoms with E-state index in [1.165, 1.54) is 4.70 Å². The number of likely N-dealkylation sites (tertiary alicyclic amines) is 1. The van der Waals surface area contributed by atoms with Gasteiger partial charge in [-0.2, -0.15) is 0 Å². The molecule has 1 aromatic heterocycles. The van der Waals surface area contributed by atoms with Crippen LogP contribution in [0, 0.1) is 0 Å². The van der Waals surface area contributed by atoms with Gasteiger partial charge >= 0.3 is 6.03 Å². The van der Waals surface area contributed by atoms with Gasteiger partial charge in [0.1, 0.15) is 0 Å². The fourth-order valence-electron chi connectivity index (χ4n) is 2.84. The molecule has 0 unspecified atom stereocenters. The third kappa shape index (κ3) is 4.19. The molecule has 2 amide bonds. The topological polar surface area (TPSA) is 78.5 Å². The number of thiophene rings is 1. The van der Waals surface area contributed by atoms with Gasteiger partial charge in [0, 0.05) is 29.5 Å². The number of carbonyl (C=O) groups excluding carboxylic acids is 1. The van der Waals surface area contributed by atoms with Gasteiger partial charge in [-0.25, -0.2) is 17.9 Å². The first-order valence-corrected chi connectivity index (χ1v) is 11.1. The first-order chi connectivity index (χ1) is 12.2. The molecule has 2 aromatic rings. The molecule has 0 bridgehead atoms. The van der Waals surface area contributed by atoms with Crippen LogP contribution in [-0.4, -0.2) is 43.2 Å². The minimum atomic E-state index is -3.37. The zero-order chi connectivity index (χ0) is 18.9. The summed E-state index contributed by atoms with van der Waals surface area (Å²) < 4.78 is 27.7. The summed E-state index contributed by atoms with van der Waals surface area (Å²) in [7, 11) is -3.37. The van der Waals surface area contributed by atoms with E-state index in [9.17, 15) is 13.2 Å². The molecule has 0 saturated carbocycles. The van der Waals surface area contributed by atoms with Gasteiger partial charge < -0.3 is 10.2 Å². The Bertz CT molecular complexity index is 892. The number of nitrogens with zero attached hydrogens (tertiary/aromatic N) is 1. The Labute approximate surface area is 158 Å². The van der Waals surface area contributed by atoms with Crippen LogP contribution < -0.4 is 10.0 Å². The molecule has 0 spiro atoms. The Morgan fingerprint density at radius 3 is 2.54 bits per heavy atom. The van der Waals surface area contributed by atoms with Crippen molar-refractivity contribution in [2.45, 2.75) is 44.4 Å². The highest BCUT2D eigenvalue weighted by atomic mass is 32.2. The lowest BCUT2D eigenvalue weighted by Gasteiger charge is -2.33. The lowest BCUT2D eigenvalue weighted by molar-refractivity contribution is 0.193. The fraction of sp³-hybridized carbons (Fsp3) is 0.500. The van der Waals surface area contributed by atoms with E-state index >= 15 is 0 Å². The minimum absolute atomic E-state index is 0.120. The molecular formula is C18H25N3O3S2. The largest absolute Gasteiger partial charge is 0.324 e. The number of fused-ring (bicyclic) bond motifs is 1. The van der Waals surface area contributed by atoms with Crippen LogP contribution >= 0.6 is 11.3 Å². The van der Waals surface area contributed by atoms with Gasteiger partial charge in [0.2, 0.25) is 10.0 Å². The molecule has 0 radical (unpaired) electrons. The van der Waals surface area contributed by atoms with E-state index in [0.29, 0.717) is 25.9 Å². The summed E-state index contributed by atoms with van der Waals surface area (Å²) in [6.07, 6.45) is 1.23. The normalized spacial score (nSPS) is 16.8. The Balaban J connectivity index is 1.55. The summed E-state index contributed by atoms with van der Waals surface area (Å²) in [6.45, 7) is 6.11. The smallest absolute Gasteiger partial charge is 0.321 e. The molecule has 2 N–H and O–H groups in total. The van der Waals surface area contributed by atoms with Gasteiger partial charge in [0.15, 0.2) is 0 Å². The predicted octanol–water partition coefficient (Wildman–Crippen LogP) is 3.62. The first kappa shape index (κ1) is 19.1. The van der Waals surface area contributed by atoms with Gasteiger partial charge in [-0.3, -0.25) is 0 Å². The number of urea groups is 1. The Hall–Kier alpha value is -1.64. The second-order valence-electron chi connectivity index (χ2n) is 7.60. The lowest BCUT2D eigenvalue weighted by Crippen LogP contribution is -2.50. The highest BCUT2D eigenvalue weighted by Crippen LogP contribution is 2.24. The third-order valence-corrected chi connectivity index (χ3v) is 7.77. The SMILES string of the molecule is CC(C)(C)S(=O)(=O)NC1CCN(C(=O)Nc2ccc3sccc3c2)CC1. The molecule has 1 saturated heterocycles. The second kappa shape index (κ2) is 7.17. The number of hydrogen-bond donors (Lipinski definition) is 2. The van der Waals surface area contributed by atoms with Crippen molar-refractivity contribution < 1.29 is 13.2 Å². The van der Waals surface area contributed by atoms with Crippen LogP contribution in [0.5, 0.6) is 0 Å². The highest BCUT2D eigenvalue weighted by molar-refractivity contribution is 7.90. The highest BCUT2D eigenvalue weighted by Gasteiger charge is 2.33. The van der Waals surface area contributed by atoms with Gasteiger partial charge in [0.05, 0.1) is 4.75 Å². The Kier molecular flexibility index (Phi) is 5.28. The molecule has 3 rings (SSSR count). The quantitative estimate of drug-likeness (QED) is 0.833. The van der Waals surface area contributed by atoms with Crippen LogP contribution in [0.4, 0.5) is 10.5 Å². The summed E-state index contributed by atoms with van der Waals surface area (Å²) in [5, 5.41) is 6.08. The van der Waals surface area contributed by atoms with Crippen LogP contribution in [0.2, 0.25) is 0 Å².